The van der Waals surface area contributed by atoms with Crippen LogP contribution >= 0.6 is 0 Å². The molecule has 1 fully saturated rings. The average molecular weight is 421 g/mol. The van der Waals surface area contributed by atoms with Gasteiger partial charge in [0.15, 0.2) is 17.6 Å². The quantitative estimate of drug-likeness (QED) is 0.472. The Hall–Kier alpha value is -2.68. The molecule has 3 rings (SSSR count). The molecule has 2 aromatic rings. The molecule has 1 aliphatic heterocycles. The van der Waals surface area contributed by atoms with Gasteiger partial charge in [-0.05, 0) is 38.3 Å². The number of rotatable bonds is 7. The Bertz CT molecular complexity index is 882. The third kappa shape index (κ3) is 5.47. The van der Waals surface area contributed by atoms with Gasteiger partial charge in [0, 0.05) is 56.7 Å². The summed E-state index contributed by atoms with van der Waals surface area (Å²) < 4.78 is 28.3. The first-order valence-corrected chi connectivity index (χ1v) is 10.2. The smallest absolute Gasteiger partial charge is 0.191 e. The topological polar surface area (TPSA) is 77.7 Å². The van der Waals surface area contributed by atoms with Gasteiger partial charge >= 0.3 is 0 Å². The number of guanidine groups is 1. The number of anilines is 1. The Labute approximate surface area is 175 Å². The van der Waals surface area contributed by atoms with Crippen LogP contribution in [0.25, 0.3) is 0 Å². The first kappa shape index (κ1) is 22.0. The first-order valence-electron chi connectivity index (χ1n) is 10.2. The van der Waals surface area contributed by atoms with Crippen LogP contribution in [-0.4, -0.2) is 53.6 Å². The van der Waals surface area contributed by atoms with Crippen LogP contribution in [0.5, 0.6) is 0 Å². The fourth-order valence-corrected chi connectivity index (χ4v) is 3.52. The summed E-state index contributed by atoms with van der Waals surface area (Å²) in [6.07, 6.45) is 4.36. The summed E-state index contributed by atoms with van der Waals surface area (Å²) in [6.45, 7) is 6.84. The first-order chi connectivity index (χ1) is 14.3. The second-order valence-electron chi connectivity index (χ2n) is 7.95. The van der Waals surface area contributed by atoms with Crippen molar-refractivity contribution in [2.45, 2.75) is 25.9 Å². The van der Waals surface area contributed by atoms with Crippen LogP contribution in [0.1, 0.15) is 25.8 Å². The van der Waals surface area contributed by atoms with E-state index in [0.717, 1.165) is 19.5 Å². The average Bonchev–Trinajstić information content (AvgIpc) is 3.36. The fourth-order valence-electron chi connectivity index (χ4n) is 3.52. The normalized spacial score (nSPS) is 19.1. The van der Waals surface area contributed by atoms with E-state index in [1.807, 2.05) is 6.92 Å². The minimum absolute atomic E-state index is 0.194. The van der Waals surface area contributed by atoms with Crippen molar-refractivity contribution in [3.8, 4) is 0 Å². The third-order valence-electron chi connectivity index (χ3n) is 5.33. The number of halogens is 2. The minimum atomic E-state index is -1.12. The molecule has 1 aromatic carbocycles. The highest BCUT2D eigenvalue weighted by molar-refractivity contribution is 5.79. The predicted octanol–water partition coefficient (Wildman–Crippen LogP) is 1.99. The van der Waals surface area contributed by atoms with E-state index in [2.05, 4.69) is 25.6 Å². The highest BCUT2D eigenvalue weighted by Crippen LogP contribution is 2.25. The van der Waals surface area contributed by atoms with Gasteiger partial charge in [-0.15, -0.1) is 0 Å². The SMILES string of the molecule is CCNC(=NCC(C)(O)c1cnn(C)c1)NCC1CCN(c2ccc(F)c(F)c2)C1. The summed E-state index contributed by atoms with van der Waals surface area (Å²) in [4.78, 5) is 6.59. The molecule has 1 aromatic heterocycles. The van der Waals surface area contributed by atoms with Gasteiger partial charge in [0.2, 0.25) is 0 Å². The molecule has 3 N–H and O–H groups in total. The summed E-state index contributed by atoms with van der Waals surface area (Å²) in [7, 11) is 1.81. The maximum Gasteiger partial charge on any atom is 0.191 e. The van der Waals surface area contributed by atoms with E-state index in [0.29, 0.717) is 36.2 Å². The number of nitrogens with one attached hydrogen (secondary N) is 2. The molecule has 1 aliphatic rings. The number of nitrogens with zero attached hydrogens (tertiary/aromatic N) is 4. The van der Waals surface area contributed by atoms with Crippen molar-refractivity contribution < 1.29 is 13.9 Å². The van der Waals surface area contributed by atoms with E-state index in [9.17, 15) is 13.9 Å². The van der Waals surface area contributed by atoms with Crippen molar-refractivity contribution >= 4 is 11.6 Å². The molecule has 0 saturated carbocycles. The van der Waals surface area contributed by atoms with E-state index in [1.165, 1.54) is 12.1 Å². The van der Waals surface area contributed by atoms with E-state index >= 15 is 0 Å². The molecule has 0 amide bonds. The Morgan fingerprint density at radius 3 is 2.80 bits per heavy atom. The molecule has 2 atom stereocenters. The maximum absolute atomic E-state index is 13.5. The highest BCUT2D eigenvalue weighted by atomic mass is 19.2. The van der Waals surface area contributed by atoms with Gasteiger partial charge in [0.25, 0.3) is 0 Å². The van der Waals surface area contributed by atoms with Crippen molar-refractivity contribution in [2.24, 2.45) is 18.0 Å². The third-order valence-corrected chi connectivity index (χ3v) is 5.33. The van der Waals surface area contributed by atoms with Gasteiger partial charge in [-0.1, -0.05) is 0 Å². The Kier molecular flexibility index (Phi) is 6.91. The van der Waals surface area contributed by atoms with Gasteiger partial charge < -0.3 is 20.6 Å². The minimum Gasteiger partial charge on any atom is -0.383 e. The monoisotopic (exact) mass is 420 g/mol. The van der Waals surface area contributed by atoms with Gasteiger partial charge in [-0.2, -0.15) is 5.10 Å². The lowest BCUT2D eigenvalue weighted by Gasteiger charge is -2.21. The number of hydrogen-bond donors (Lipinski definition) is 3. The molecule has 7 nitrogen and oxygen atoms in total. The lowest BCUT2D eigenvalue weighted by Crippen LogP contribution is -2.41. The molecule has 0 radical (unpaired) electrons. The fraction of sp³-hybridized carbons (Fsp3) is 0.524. The van der Waals surface area contributed by atoms with Crippen LogP contribution in [0.2, 0.25) is 0 Å². The Balaban J connectivity index is 1.55. The Morgan fingerprint density at radius 1 is 1.33 bits per heavy atom. The number of aromatic nitrogens is 2. The van der Waals surface area contributed by atoms with Crippen molar-refractivity contribution in [1.82, 2.24) is 20.4 Å². The van der Waals surface area contributed by atoms with E-state index in [-0.39, 0.29) is 6.54 Å². The van der Waals surface area contributed by atoms with Crippen LogP contribution in [0.15, 0.2) is 35.6 Å². The van der Waals surface area contributed by atoms with Crippen molar-refractivity contribution in [3.05, 3.63) is 47.8 Å². The molecule has 0 aliphatic carbocycles. The number of aliphatic hydroxyl groups is 1. The second kappa shape index (κ2) is 9.42. The van der Waals surface area contributed by atoms with Crippen LogP contribution in [0, 0.1) is 17.6 Å². The molecular formula is C21H30F2N6O. The molecular weight excluding hydrogens is 390 g/mol. The van der Waals surface area contributed by atoms with Gasteiger partial charge in [-0.25, -0.2) is 13.8 Å². The zero-order valence-electron chi connectivity index (χ0n) is 17.7. The van der Waals surface area contributed by atoms with Crippen LogP contribution in [-0.2, 0) is 12.6 Å². The molecule has 2 unspecified atom stereocenters. The number of aliphatic imine (C=N–C) groups is 1. The largest absolute Gasteiger partial charge is 0.383 e. The molecule has 2 heterocycles. The van der Waals surface area contributed by atoms with Crippen molar-refractivity contribution in [3.63, 3.8) is 0 Å². The van der Waals surface area contributed by atoms with Gasteiger partial charge in [-0.3, -0.25) is 4.68 Å². The Morgan fingerprint density at radius 2 is 2.13 bits per heavy atom. The molecule has 164 valence electrons. The molecule has 30 heavy (non-hydrogen) atoms. The molecule has 0 bridgehead atoms. The lowest BCUT2D eigenvalue weighted by molar-refractivity contribution is 0.0671. The number of aryl methyl sites for hydroxylation is 1. The second-order valence-corrected chi connectivity index (χ2v) is 7.95. The maximum atomic E-state index is 13.5. The number of benzene rings is 1. The summed E-state index contributed by atoms with van der Waals surface area (Å²) >= 11 is 0. The predicted molar refractivity (Wildman–Crippen MR) is 113 cm³/mol. The van der Waals surface area contributed by atoms with E-state index < -0.39 is 17.2 Å². The molecule has 1 saturated heterocycles. The van der Waals surface area contributed by atoms with E-state index in [4.69, 9.17) is 0 Å². The van der Waals surface area contributed by atoms with Gasteiger partial charge in [0.05, 0.1) is 12.7 Å². The van der Waals surface area contributed by atoms with Crippen molar-refractivity contribution in [1.29, 1.82) is 0 Å². The summed E-state index contributed by atoms with van der Waals surface area (Å²) in [6, 6.07) is 4.03. The molecule has 9 heteroatoms. The molecule has 0 spiro atoms. The van der Waals surface area contributed by atoms with Crippen LogP contribution in [0.4, 0.5) is 14.5 Å². The van der Waals surface area contributed by atoms with Gasteiger partial charge in [0.1, 0.15) is 5.60 Å². The number of hydrogen-bond acceptors (Lipinski definition) is 4. The summed E-state index contributed by atoms with van der Waals surface area (Å²) in [5.41, 5.74) is 0.292. The zero-order valence-corrected chi connectivity index (χ0v) is 17.7. The summed E-state index contributed by atoms with van der Waals surface area (Å²) in [5, 5.41) is 21.3. The lowest BCUT2D eigenvalue weighted by atomic mass is 10.0. The highest BCUT2D eigenvalue weighted by Gasteiger charge is 2.26. The van der Waals surface area contributed by atoms with Crippen molar-refractivity contribution in [2.75, 3.05) is 37.6 Å². The van der Waals surface area contributed by atoms with Crippen LogP contribution < -0.4 is 15.5 Å². The zero-order chi connectivity index (χ0) is 21.7. The summed E-state index contributed by atoms with van der Waals surface area (Å²) in [5.74, 6) is -0.671. The standard InChI is InChI=1S/C21H30F2N6O/c1-4-24-20(26-14-21(2,30)16-11-27-28(3)13-16)25-10-15-7-8-29(12-15)17-5-6-18(22)19(23)9-17/h5-6,9,11,13,15,30H,4,7-8,10,12,14H2,1-3H3,(H2,24,25,26). The van der Waals surface area contributed by atoms with Crippen LogP contribution in [0.3, 0.4) is 0 Å². The van der Waals surface area contributed by atoms with E-state index in [1.54, 1.807) is 37.1 Å².